The fraction of sp³-hybridized carbons (Fsp3) is 0.150. The van der Waals surface area contributed by atoms with Gasteiger partial charge in [-0.05, 0) is 222 Å². The maximum Gasteiger partial charge on any atom is 0.252 e. The number of para-hydroxylation sites is 4. The third-order valence-corrected chi connectivity index (χ3v) is 23.9. The van der Waals surface area contributed by atoms with Crippen LogP contribution in [0.1, 0.15) is 133 Å². The van der Waals surface area contributed by atoms with Crippen molar-refractivity contribution in [1.82, 2.24) is 18.3 Å². The molecule has 6 heterocycles. The maximum atomic E-state index is 12.9. The molecule has 0 saturated heterocycles. The molecule has 0 N–H and O–H groups in total. The molecule has 0 bridgehead atoms. The van der Waals surface area contributed by atoms with E-state index in [0.717, 1.165) is 105 Å². The summed E-state index contributed by atoms with van der Waals surface area (Å²) in [6.45, 7) is 25.7. The average Bonchev–Trinajstić information content (AvgIpc) is 1.47. The number of aromatic nitrogens is 4. The molecule has 8 heteroatoms. The van der Waals surface area contributed by atoms with Crippen LogP contribution in [0.25, 0.3) is 132 Å². The van der Waals surface area contributed by atoms with Crippen molar-refractivity contribution in [2.24, 2.45) is 0 Å². The van der Waals surface area contributed by atoms with E-state index in [2.05, 4.69) is 255 Å². The lowest BCUT2D eigenvalue weighted by molar-refractivity contribution is 0.590. The average molecular weight is 1500 g/mol. The van der Waals surface area contributed by atoms with Gasteiger partial charge in [-0.1, -0.05) is 259 Å². The lowest BCUT2D eigenvalue weighted by atomic mass is 9.33. The summed E-state index contributed by atoms with van der Waals surface area (Å²) in [4.78, 5) is 4.20. The number of hydrogen-bond acceptors (Lipinski definition) is 3. The fourth-order valence-electron chi connectivity index (χ4n) is 18.1. The van der Waals surface area contributed by atoms with Gasteiger partial charge in [0.05, 0.1) is 83.1 Å². The van der Waals surface area contributed by atoms with Gasteiger partial charge in [-0.15, -0.1) is 0 Å². The van der Waals surface area contributed by atoms with Gasteiger partial charge in [-0.3, -0.25) is 0 Å². The zero-order valence-electron chi connectivity index (χ0n) is 82.0. The van der Waals surface area contributed by atoms with Gasteiger partial charge in [-0.2, -0.15) is 5.26 Å². The molecule has 19 aromatic rings. The van der Waals surface area contributed by atoms with E-state index in [1.807, 2.05) is 53.4 Å². The molecular formula is C107H88BN7. The molecule has 4 aromatic heterocycles. The number of fused-ring (bicyclic) bond motifs is 16. The number of rotatable bonds is 8. The lowest BCUT2D eigenvalue weighted by Gasteiger charge is -2.45. The largest absolute Gasteiger partial charge is 0.311 e. The highest BCUT2D eigenvalue weighted by molar-refractivity contribution is 7.00. The number of hydrogen-bond donors (Lipinski definition) is 0. The predicted molar refractivity (Wildman–Crippen MR) is 488 cm³/mol. The Kier molecular flexibility index (Phi) is 12.0. The molecule has 2 aliphatic rings. The van der Waals surface area contributed by atoms with E-state index >= 15 is 0 Å². The van der Waals surface area contributed by atoms with E-state index in [0.29, 0.717) is 39.6 Å². The topological polar surface area (TPSA) is 50.0 Å². The lowest BCUT2D eigenvalue weighted by Crippen LogP contribution is -2.61. The van der Waals surface area contributed by atoms with Crippen LogP contribution in [0.15, 0.2) is 315 Å². The zero-order valence-corrected chi connectivity index (χ0v) is 66.0. The van der Waals surface area contributed by atoms with E-state index in [4.69, 9.17) is 2.74 Å². The van der Waals surface area contributed by atoms with E-state index in [1.165, 1.54) is 9.13 Å². The minimum atomic E-state index is -0.796. The summed E-state index contributed by atoms with van der Waals surface area (Å²) < 4.78 is 161. The summed E-state index contributed by atoms with van der Waals surface area (Å²) in [7, 11) is 0. The second-order valence-corrected chi connectivity index (χ2v) is 34.9. The van der Waals surface area contributed by atoms with Crippen molar-refractivity contribution in [3.8, 4) is 51.1 Å². The molecule has 0 fully saturated rings. The van der Waals surface area contributed by atoms with Gasteiger partial charge >= 0.3 is 0 Å². The van der Waals surface area contributed by atoms with E-state index < -0.39 is 103 Å². The number of nitrogens with zero attached hydrogens (tertiary/aromatic N) is 7. The third-order valence-electron chi connectivity index (χ3n) is 23.9. The highest BCUT2D eigenvalue weighted by Gasteiger charge is 2.46. The SMILES string of the molecule is [2H]c1c([2H])c([2H])c2c(c1[2H])c1c([2H])c([2H])c([2H])c([2H])c1n2-c1cc2c3c(c1)N(c1cccc(-n4c5c([2H])c([2H])c([2H])c([2H])c5c5c([2H])c([2H])c([2H])c([2H])c54)c1C#N)c1cc(-n4c5ccc(C(C)(C)C)cc5c5cc(C(C)(C)C)ccc54)ccc1B3c1ccc(-n3c4ccc(C(C)(C)C)cc4c4cc(C(C)(C)C)ccc43)cc1N2c1cc(-c2ccccc2)cc(-c2ccccc2)c1. The predicted octanol–water partition coefficient (Wildman–Crippen LogP) is 26.6. The van der Waals surface area contributed by atoms with Gasteiger partial charge in [0.1, 0.15) is 11.6 Å². The first kappa shape index (κ1) is 54.4. The maximum absolute atomic E-state index is 12.9. The monoisotopic (exact) mass is 1500 g/mol. The Balaban J connectivity index is 0.974. The van der Waals surface area contributed by atoms with Gasteiger partial charge in [0.2, 0.25) is 0 Å². The van der Waals surface area contributed by atoms with E-state index in [-0.39, 0.29) is 87.9 Å². The second-order valence-electron chi connectivity index (χ2n) is 34.9. The van der Waals surface area contributed by atoms with Crippen molar-refractivity contribution in [3.63, 3.8) is 0 Å². The summed E-state index contributed by atoms with van der Waals surface area (Å²) >= 11 is 0. The molecule has 0 saturated carbocycles. The fourth-order valence-corrected chi connectivity index (χ4v) is 18.1. The second kappa shape index (κ2) is 25.3. The summed E-state index contributed by atoms with van der Waals surface area (Å²) in [5, 5.41) is 16.3. The van der Waals surface area contributed by atoms with Gasteiger partial charge < -0.3 is 28.1 Å². The van der Waals surface area contributed by atoms with Gasteiger partial charge in [0.15, 0.2) is 0 Å². The number of anilines is 6. The molecule has 2 aliphatic heterocycles. The molecule has 0 spiro atoms. The Morgan fingerprint density at radius 1 is 0.270 bits per heavy atom. The molecule has 21 rings (SSSR count). The van der Waals surface area contributed by atoms with Crippen molar-refractivity contribution in [3.05, 3.63) is 343 Å². The van der Waals surface area contributed by atoms with Crippen LogP contribution in [-0.4, -0.2) is 25.0 Å². The molecule has 7 nitrogen and oxygen atoms in total. The molecule has 554 valence electrons. The summed E-state index contributed by atoms with van der Waals surface area (Å²) in [6, 6.07) is 68.4. The molecule has 0 amide bonds. The molecule has 115 heavy (non-hydrogen) atoms. The van der Waals surface area contributed by atoms with Gasteiger partial charge in [-0.25, -0.2) is 0 Å². The van der Waals surface area contributed by atoms with Crippen molar-refractivity contribution < 1.29 is 21.9 Å². The van der Waals surface area contributed by atoms with Crippen molar-refractivity contribution >= 4 is 144 Å². The molecule has 15 aromatic carbocycles. The van der Waals surface area contributed by atoms with Crippen LogP contribution < -0.4 is 26.2 Å². The van der Waals surface area contributed by atoms with E-state index in [1.54, 1.807) is 18.2 Å². The quantitative estimate of drug-likeness (QED) is 0.142. The molecular weight excluding hydrogens is 1390 g/mol. The molecule has 0 radical (unpaired) electrons. The van der Waals surface area contributed by atoms with E-state index in [9.17, 15) is 24.5 Å². The summed E-state index contributed by atoms with van der Waals surface area (Å²) in [6.07, 6.45) is 0. The Morgan fingerprint density at radius 3 is 1.01 bits per heavy atom. The third kappa shape index (κ3) is 10.8. The van der Waals surface area contributed by atoms with Crippen molar-refractivity contribution in [1.29, 1.82) is 5.26 Å². The van der Waals surface area contributed by atoms with Crippen LogP contribution in [0.5, 0.6) is 0 Å². The number of benzene rings is 15. The first-order chi connectivity index (χ1) is 62.2. The van der Waals surface area contributed by atoms with Crippen LogP contribution in [-0.2, 0) is 21.7 Å². The van der Waals surface area contributed by atoms with Gasteiger partial charge in [0, 0.05) is 82.9 Å². The Labute approximate surface area is 695 Å². The highest BCUT2D eigenvalue weighted by atomic mass is 15.2. The minimum Gasteiger partial charge on any atom is -0.311 e. The van der Waals surface area contributed by atoms with Crippen molar-refractivity contribution in [2.75, 3.05) is 9.80 Å². The van der Waals surface area contributed by atoms with Crippen molar-refractivity contribution in [2.45, 2.75) is 105 Å². The smallest absolute Gasteiger partial charge is 0.252 e. The Hall–Kier alpha value is -13.3. The van der Waals surface area contributed by atoms with Crippen LogP contribution >= 0.6 is 0 Å². The number of nitriles is 1. The Morgan fingerprint density at radius 2 is 0.617 bits per heavy atom. The summed E-state index contributed by atoms with van der Waals surface area (Å²) in [5.74, 6) is 0. The van der Waals surface area contributed by atoms with Crippen LogP contribution in [0.3, 0.4) is 0 Å². The minimum absolute atomic E-state index is 0.0222. The standard InChI is InChI=1S/C107H88BN7/c1-104(2,3)70-42-50-95-82(57-70)83-58-71(105(4,5)6)43-51-96(83)110(95)74-46-48-87-99(61-74)113(76-55-68(66-28-15-13-16-29-66)54-69(56-76)67-30-17-14-18-31-67)101-63-77(112-89-36-23-19-32-78(89)79-33-20-24-37-90(79)112)64-102-103(101)108(87)88-49-47-75(111-97-52-44-72(106(7,8)9)59-84(97)85-60-73(107(10,11)12)45-53-98(85)111)62-100(88)115(102)94-41-27-40-93(86(94)65-109)114-91-38-25-21-34-80(91)81-35-22-26-39-92(81)114/h13-64H,1-12H3/i19D,20D,21D,22D,23D,24D,25D,26D,32D,33D,34D,35D,36D,37D,38D,39D. The first-order valence-corrected chi connectivity index (χ1v) is 39.2. The van der Waals surface area contributed by atoms with Gasteiger partial charge in [0.25, 0.3) is 6.71 Å². The summed E-state index contributed by atoms with van der Waals surface area (Å²) in [5.41, 5.74) is 16.6. The molecule has 0 unspecified atom stereocenters. The Bertz CT molecular complexity index is 8020. The van der Waals surface area contributed by atoms with Crippen LogP contribution in [0.4, 0.5) is 34.1 Å². The van der Waals surface area contributed by atoms with Crippen LogP contribution in [0, 0.1) is 11.3 Å². The highest BCUT2D eigenvalue weighted by Crippen LogP contribution is 2.52. The molecule has 0 aliphatic carbocycles. The molecule has 0 atom stereocenters. The first-order valence-electron chi connectivity index (χ1n) is 47.2. The van der Waals surface area contributed by atoms with Crippen LogP contribution in [0.2, 0.25) is 0 Å². The normalized spacial score (nSPS) is 15.1. The zero-order chi connectivity index (χ0) is 92.4.